The smallest absolute Gasteiger partial charge is 0.325 e. The van der Waals surface area contributed by atoms with Crippen LogP contribution in [0.15, 0.2) is 60.7 Å². The third kappa shape index (κ3) is 5.71. The van der Waals surface area contributed by atoms with Crippen LogP contribution in [0.4, 0.5) is 4.79 Å². The van der Waals surface area contributed by atoms with E-state index in [-0.39, 0.29) is 30.3 Å². The van der Waals surface area contributed by atoms with Gasteiger partial charge < -0.3 is 15.0 Å². The quantitative estimate of drug-likeness (QED) is 0.433. The van der Waals surface area contributed by atoms with E-state index in [1.807, 2.05) is 65.6 Å². The summed E-state index contributed by atoms with van der Waals surface area (Å²) in [6, 6.07) is 19.1. The molecule has 1 N–H and O–H groups in total. The fourth-order valence-corrected chi connectivity index (χ4v) is 5.14. The lowest BCUT2D eigenvalue weighted by Crippen LogP contribution is -2.57. The number of hydrogen-bond donors (Lipinski definition) is 1. The molecular weight excluding hydrogens is 454 g/mol. The Labute approximate surface area is 212 Å². The number of aryl methyl sites for hydroxylation is 1. The Morgan fingerprint density at radius 1 is 1.06 bits per heavy atom. The molecule has 2 heterocycles. The average molecular weight is 488 g/mol. The molecule has 0 aromatic heterocycles. The number of rotatable bonds is 9. The van der Waals surface area contributed by atoms with Crippen molar-refractivity contribution in [3.8, 4) is 17.6 Å². The van der Waals surface area contributed by atoms with Crippen molar-refractivity contribution in [2.24, 2.45) is 5.92 Å². The second-order valence-corrected chi connectivity index (χ2v) is 9.27. The normalized spacial score (nSPS) is 20.0. The van der Waals surface area contributed by atoms with Crippen LogP contribution in [0.2, 0.25) is 0 Å². The number of ether oxygens (including phenoxy) is 1. The molecule has 2 aliphatic heterocycles. The minimum Gasteiger partial charge on any atom is -0.493 e. The average Bonchev–Trinajstić information content (AvgIpc) is 3.16. The molecule has 0 spiro atoms. The molecule has 2 saturated heterocycles. The van der Waals surface area contributed by atoms with E-state index in [0.717, 1.165) is 11.3 Å². The summed E-state index contributed by atoms with van der Waals surface area (Å²) in [5.74, 6) is 6.15. The zero-order valence-electron chi connectivity index (χ0n) is 20.7. The van der Waals surface area contributed by atoms with Crippen LogP contribution in [-0.4, -0.2) is 59.4 Å². The predicted octanol–water partition coefficient (Wildman–Crippen LogP) is 3.64. The Hall–Kier alpha value is -3.79. The first-order valence-electron chi connectivity index (χ1n) is 12.6. The Morgan fingerprint density at radius 2 is 1.72 bits per heavy atom. The van der Waals surface area contributed by atoms with Gasteiger partial charge in [0, 0.05) is 13.1 Å². The van der Waals surface area contributed by atoms with Crippen LogP contribution in [0.25, 0.3) is 0 Å². The Morgan fingerprint density at radius 3 is 2.39 bits per heavy atom. The van der Waals surface area contributed by atoms with Gasteiger partial charge in [0.1, 0.15) is 11.3 Å². The summed E-state index contributed by atoms with van der Waals surface area (Å²) in [5, 5.41) is 3.06. The number of carbonyl (C=O) groups is 3. The van der Waals surface area contributed by atoms with Crippen molar-refractivity contribution < 1.29 is 19.1 Å². The zero-order valence-corrected chi connectivity index (χ0v) is 20.7. The van der Waals surface area contributed by atoms with Gasteiger partial charge in [-0.25, -0.2) is 4.79 Å². The van der Waals surface area contributed by atoms with Crippen LogP contribution >= 0.6 is 0 Å². The van der Waals surface area contributed by atoms with E-state index < -0.39 is 5.54 Å². The molecule has 0 radical (unpaired) electrons. The van der Waals surface area contributed by atoms with E-state index in [4.69, 9.17) is 4.74 Å². The number of amides is 4. The first-order valence-corrected chi connectivity index (χ1v) is 12.6. The molecule has 2 aromatic rings. The molecule has 4 rings (SSSR count). The molecule has 2 fully saturated rings. The molecule has 188 valence electrons. The summed E-state index contributed by atoms with van der Waals surface area (Å²) in [7, 11) is 0. The molecule has 0 bridgehead atoms. The van der Waals surface area contributed by atoms with Crippen LogP contribution in [0.1, 0.15) is 38.2 Å². The molecule has 36 heavy (non-hydrogen) atoms. The molecule has 4 amide bonds. The lowest BCUT2D eigenvalue weighted by Gasteiger charge is -2.41. The van der Waals surface area contributed by atoms with Gasteiger partial charge in [-0.3, -0.25) is 14.5 Å². The van der Waals surface area contributed by atoms with Crippen LogP contribution < -0.4 is 10.1 Å². The molecule has 2 aromatic carbocycles. The number of carbonyl (C=O) groups excluding carboxylic acids is 3. The number of imide groups is 1. The second kappa shape index (κ2) is 11.8. The number of urea groups is 1. The molecule has 0 aliphatic carbocycles. The largest absolute Gasteiger partial charge is 0.493 e. The van der Waals surface area contributed by atoms with Gasteiger partial charge in [0.2, 0.25) is 5.91 Å². The maximum atomic E-state index is 13.6. The Kier molecular flexibility index (Phi) is 8.27. The summed E-state index contributed by atoms with van der Waals surface area (Å²) in [6.45, 7) is 3.22. The minimum absolute atomic E-state index is 0.0457. The van der Waals surface area contributed by atoms with Crippen LogP contribution in [0.5, 0.6) is 5.75 Å². The van der Waals surface area contributed by atoms with Gasteiger partial charge in [-0.1, -0.05) is 54.5 Å². The first-order chi connectivity index (χ1) is 17.5. The Balaban J connectivity index is 1.40. The van der Waals surface area contributed by atoms with Crippen molar-refractivity contribution in [2.45, 2.75) is 44.6 Å². The molecular formula is C29H33N3O4. The third-order valence-corrected chi connectivity index (χ3v) is 7.14. The fourth-order valence-electron chi connectivity index (χ4n) is 5.14. The molecule has 1 unspecified atom stereocenters. The van der Waals surface area contributed by atoms with E-state index in [2.05, 4.69) is 17.2 Å². The summed E-state index contributed by atoms with van der Waals surface area (Å²) in [6.07, 6.45) is 2.80. The third-order valence-electron chi connectivity index (χ3n) is 7.14. The number of nitrogens with one attached hydrogen (secondary N) is 1. The van der Waals surface area contributed by atoms with Gasteiger partial charge in [0.25, 0.3) is 5.91 Å². The molecule has 1 atom stereocenters. The molecule has 0 saturated carbocycles. The van der Waals surface area contributed by atoms with E-state index in [1.54, 1.807) is 6.92 Å². The van der Waals surface area contributed by atoms with Crippen molar-refractivity contribution in [1.29, 1.82) is 0 Å². The summed E-state index contributed by atoms with van der Waals surface area (Å²) in [5.41, 5.74) is 0.144. The number of para-hydroxylation sites is 1. The van der Waals surface area contributed by atoms with Gasteiger partial charge in [0.05, 0.1) is 19.6 Å². The van der Waals surface area contributed by atoms with Crippen LogP contribution in [0.3, 0.4) is 0 Å². The van der Waals surface area contributed by atoms with Crippen molar-refractivity contribution in [3.63, 3.8) is 0 Å². The zero-order chi connectivity index (χ0) is 25.4. The molecule has 2 aliphatic rings. The monoisotopic (exact) mass is 487 g/mol. The molecule has 7 heteroatoms. The fraction of sp³-hybridized carbons (Fsp3) is 0.414. The van der Waals surface area contributed by atoms with Crippen molar-refractivity contribution in [3.05, 3.63) is 66.2 Å². The van der Waals surface area contributed by atoms with Gasteiger partial charge >= 0.3 is 6.03 Å². The number of likely N-dealkylation sites (tertiary alicyclic amines) is 1. The van der Waals surface area contributed by atoms with Crippen LogP contribution in [0, 0.1) is 17.8 Å². The lowest BCUT2D eigenvalue weighted by molar-refractivity contribution is -0.136. The van der Waals surface area contributed by atoms with Crippen molar-refractivity contribution >= 4 is 17.8 Å². The van der Waals surface area contributed by atoms with Crippen LogP contribution in [-0.2, 0) is 16.0 Å². The second-order valence-electron chi connectivity index (χ2n) is 9.27. The van der Waals surface area contributed by atoms with Gasteiger partial charge in [0.15, 0.2) is 0 Å². The van der Waals surface area contributed by atoms with Crippen molar-refractivity contribution in [1.82, 2.24) is 15.1 Å². The number of piperidine rings is 1. The van der Waals surface area contributed by atoms with Gasteiger partial charge in [-0.15, -0.1) is 5.92 Å². The summed E-state index contributed by atoms with van der Waals surface area (Å²) >= 11 is 0. The standard InChI is InChI=1S/C29H33N3O4/c1-2-3-19-32-27(34)29(30-28(32)35,18-14-23-10-6-4-7-11-23)24-15-20-31(21-16-24)26(33)17-22-36-25-12-8-5-9-13-25/h4-13,24H,14-22H2,1H3,(H,30,35). The SMILES string of the molecule is CC#CCN1C(=O)NC(CCc2ccccc2)(C2CCN(C(=O)CCOc3ccccc3)CC2)C1=O. The van der Waals surface area contributed by atoms with Gasteiger partial charge in [-0.2, -0.15) is 0 Å². The van der Waals surface area contributed by atoms with Crippen molar-refractivity contribution in [2.75, 3.05) is 26.2 Å². The van der Waals surface area contributed by atoms with E-state index in [0.29, 0.717) is 51.8 Å². The highest BCUT2D eigenvalue weighted by molar-refractivity contribution is 6.07. The highest BCUT2D eigenvalue weighted by Gasteiger charge is 2.55. The maximum Gasteiger partial charge on any atom is 0.325 e. The number of benzene rings is 2. The lowest BCUT2D eigenvalue weighted by atomic mass is 9.74. The summed E-state index contributed by atoms with van der Waals surface area (Å²) < 4.78 is 5.67. The number of hydrogen-bond acceptors (Lipinski definition) is 4. The van der Waals surface area contributed by atoms with Gasteiger partial charge in [-0.05, 0) is 56.2 Å². The van der Waals surface area contributed by atoms with E-state index in [9.17, 15) is 14.4 Å². The topological polar surface area (TPSA) is 79.0 Å². The highest BCUT2D eigenvalue weighted by Crippen LogP contribution is 2.37. The maximum absolute atomic E-state index is 13.6. The first kappa shape index (κ1) is 25.3. The number of nitrogens with zero attached hydrogens (tertiary/aromatic N) is 2. The molecule has 7 nitrogen and oxygen atoms in total. The highest BCUT2D eigenvalue weighted by atomic mass is 16.5. The predicted molar refractivity (Wildman–Crippen MR) is 137 cm³/mol. The minimum atomic E-state index is -0.978. The van der Waals surface area contributed by atoms with E-state index >= 15 is 0 Å². The summed E-state index contributed by atoms with van der Waals surface area (Å²) in [4.78, 5) is 42.3. The Bertz CT molecular complexity index is 1120. The van der Waals surface area contributed by atoms with E-state index in [1.165, 1.54) is 4.90 Å².